The van der Waals surface area contributed by atoms with Gasteiger partial charge >= 0.3 is 0 Å². The fourth-order valence-electron chi connectivity index (χ4n) is 1.70. The number of aryl methyl sites for hydroxylation is 2. The maximum absolute atomic E-state index is 10.9. The van der Waals surface area contributed by atoms with E-state index in [1.807, 2.05) is 13.8 Å². The Balaban J connectivity index is 2.15. The molecular weight excluding hydrogens is 250 g/mol. The largest absolute Gasteiger partial charge is 0.375 e. The molecule has 0 bridgehead atoms. The molecule has 6 heteroatoms. The first-order chi connectivity index (χ1) is 8.58. The van der Waals surface area contributed by atoms with Crippen LogP contribution in [-0.2, 0) is 6.54 Å². The first-order valence-corrected chi connectivity index (χ1v) is 6.30. The van der Waals surface area contributed by atoms with Crippen LogP contribution in [-0.4, -0.2) is 9.91 Å². The number of benzene rings is 1. The zero-order chi connectivity index (χ0) is 13.1. The van der Waals surface area contributed by atoms with Crippen LogP contribution in [0.5, 0.6) is 0 Å². The predicted molar refractivity (Wildman–Crippen MR) is 72.0 cm³/mol. The Morgan fingerprint density at radius 2 is 2.11 bits per heavy atom. The molecule has 1 aromatic heterocycles. The SMILES string of the molecule is Cc1nc(C)c(CNc2ccccc2[N+](=O)[O-])s1. The summed E-state index contributed by atoms with van der Waals surface area (Å²) in [5.74, 6) is 0. The Labute approximate surface area is 109 Å². The first-order valence-electron chi connectivity index (χ1n) is 5.48. The molecule has 2 aromatic rings. The maximum Gasteiger partial charge on any atom is 0.292 e. The van der Waals surface area contributed by atoms with E-state index in [9.17, 15) is 10.1 Å². The number of nitro benzene ring substituents is 1. The van der Waals surface area contributed by atoms with Gasteiger partial charge in [0.05, 0.1) is 22.2 Å². The summed E-state index contributed by atoms with van der Waals surface area (Å²) >= 11 is 1.60. The summed E-state index contributed by atoms with van der Waals surface area (Å²) in [6.07, 6.45) is 0. The fourth-order valence-corrected chi connectivity index (χ4v) is 2.57. The molecule has 94 valence electrons. The van der Waals surface area contributed by atoms with Crippen molar-refractivity contribution >= 4 is 22.7 Å². The summed E-state index contributed by atoms with van der Waals surface area (Å²) in [6.45, 7) is 4.45. The van der Waals surface area contributed by atoms with Gasteiger partial charge in [-0.05, 0) is 19.9 Å². The quantitative estimate of drug-likeness (QED) is 0.679. The summed E-state index contributed by atoms with van der Waals surface area (Å²) in [4.78, 5) is 15.9. The second kappa shape index (κ2) is 5.14. The third-order valence-electron chi connectivity index (χ3n) is 2.54. The number of hydrogen-bond acceptors (Lipinski definition) is 5. The highest BCUT2D eigenvalue weighted by Gasteiger charge is 2.12. The molecule has 0 spiro atoms. The molecule has 0 atom stereocenters. The van der Waals surface area contributed by atoms with Crippen LogP contribution in [0.2, 0.25) is 0 Å². The molecule has 0 aliphatic carbocycles. The molecule has 0 saturated heterocycles. The van der Waals surface area contributed by atoms with E-state index in [1.54, 1.807) is 29.5 Å². The second-order valence-electron chi connectivity index (χ2n) is 3.87. The molecule has 0 aliphatic heterocycles. The Morgan fingerprint density at radius 1 is 1.39 bits per heavy atom. The Bertz CT molecular complexity index is 580. The minimum atomic E-state index is -0.382. The topological polar surface area (TPSA) is 68.1 Å². The fraction of sp³-hybridized carbons (Fsp3) is 0.250. The van der Waals surface area contributed by atoms with Crippen LogP contribution in [0.1, 0.15) is 15.6 Å². The van der Waals surface area contributed by atoms with E-state index in [2.05, 4.69) is 10.3 Å². The number of aromatic nitrogens is 1. The van der Waals surface area contributed by atoms with Gasteiger partial charge in [0.15, 0.2) is 0 Å². The van der Waals surface area contributed by atoms with Crippen LogP contribution < -0.4 is 5.32 Å². The maximum atomic E-state index is 10.9. The van der Waals surface area contributed by atoms with Crippen LogP contribution in [0.3, 0.4) is 0 Å². The van der Waals surface area contributed by atoms with Gasteiger partial charge in [0.2, 0.25) is 0 Å². The van der Waals surface area contributed by atoms with E-state index >= 15 is 0 Å². The van der Waals surface area contributed by atoms with Crippen molar-refractivity contribution in [2.75, 3.05) is 5.32 Å². The molecular formula is C12H13N3O2S. The average Bonchev–Trinajstić information content (AvgIpc) is 2.65. The lowest BCUT2D eigenvalue weighted by atomic mass is 10.2. The van der Waals surface area contributed by atoms with Gasteiger partial charge in [0.1, 0.15) is 5.69 Å². The number of nitrogens with one attached hydrogen (secondary N) is 1. The van der Waals surface area contributed by atoms with Gasteiger partial charge in [-0.1, -0.05) is 12.1 Å². The second-order valence-corrected chi connectivity index (χ2v) is 5.16. The van der Waals surface area contributed by atoms with Crippen LogP contribution in [0.15, 0.2) is 24.3 Å². The van der Waals surface area contributed by atoms with Crippen LogP contribution in [0.25, 0.3) is 0 Å². The molecule has 2 rings (SSSR count). The van der Waals surface area contributed by atoms with Gasteiger partial charge in [-0.15, -0.1) is 11.3 Å². The number of para-hydroxylation sites is 2. The van der Waals surface area contributed by atoms with Gasteiger partial charge in [0.25, 0.3) is 5.69 Å². The first kappa shape index (κ1) is 12.5. The number of rotatable bonds is 4. The summed E-state index contributed by atoms with van der Waals surface area (Å²) < 4.78 is 0. The van der Waals surface area contributed by atoms with Crippen molar-refractivity contribution in [3.63, 3.8) is 0 Å². The van der Waals surface area contributed by atoms with Crippen molar-refractivity contribution < 1.29 is 4.92 Å². The molecule has 0 saturated carbocycles. The standard InChI is InChI=1S/C12H13N3O2S/c1-8-12(18-9(2)14-8)7-13-10-5-3-4-6-11(10)15(16)17/h3-6,13H,7H2,1-2H3. The molecule has 0 unspecified atom stereocenters. The number of hydrogen-bond donors (Lipinski definition) is 1. The molecule has 1 N–H and O–H groups in total. The smallest absolute Gasteiger partial charge is 0.292 e. The average molecular weight is 263 g/mol. The van der Waals surface area contributed by atoms with Crippen molar-refractivity contribution in [3.8, 4) is 0 Å². The van der Waals surface area contributed by atoms with Crippen molar-refractivity contribution in [1.29, 1.82) is 0 Å². The van der Waals surface area contributed by atoms with Gasteiger partial charge < -0.3 is 5.32 Å². The van der Waals surface area contributed by atoms with E-state index in [0.29, 0.717) is 12.2 Å². The molecule has 0 fully saturated rings. The third kappa shape index (κ3) is 2.65. The van der Waals surface area contributed by atoms with Gasteiger partial charge in [-0.25, -0.2) is 4.98 Å². The monoisotopic (exact) mass is 263 g/mol. The molecule has 5 nitrogen and oxygen atoms in total. The van der Waals surface area contributed by atoms with Crippen molar-refractivity contribution in [2.45, 2.75) is 20.4 Å². The van der Waals surface area contributed by atoms with Gasteiger partial charge in [0, 0.05) is 10.9 Å². The molecule has 1 heterocycles. The number of thiazole rings is 1. The van der Waals surface area contributed by atoms with E-state index in [0.717, 1.165) is 15.6 Å². The van der Waals surface area contributed by atoms with Gasteiger partial charge in [-0.2, -0.15) is 0 Å². The Morgan fingerprint density at radius 3 is 2.72 bits per heavy atom. The minimum Gasteiger partial charge on any atom is -0.375 e. The van der Waals surface area contributed by atoms with Crippen LogP contribution >= 0.6 is 11.3 Å². The Kier molecular flexibility index (Phi) is 3.57. The zero-order valence-corrected chi connectivity index (χ0v) is 11.0. The van der Waals surface area contributed by atoms with Gasteiger partial charge in [-0.3, -0.25) is 10.1 Å². The van der Waals surface area contributed by atoms with Crippen LogP contribution in [0, 0.1) is 24.0 Å². The van der Waals surface area contributed by atoms with Crippen molar-refractivity contribution in [1.82, 2.24) is 4.98 Å². The minimum absolute atomic E-state index is 0.0939. The van der Waals surface area contributed by atoms with Crippen LogP contribution in [0.4, 0.5) is 11.4 Å². The third-order valence-corrected chi connectivity index (χ3v) is 3.61. The zero-order valence-electron chi connectivity index (χ0n) is 10.1. The Hall–Kier alpha value is -1.95. The molecule has 1 aromatic carbocycles. The van der Waals surface area contributed by atoms with E-state index < -0.39 is 0 Å². The molecule has 0 aliphatic rings. The highest BCUT2D eigenvalue weighted by Crippen LogP contribution is 2.25. The van der Waals surface area contributed by atoms with E-state index in [4.69, 9.17) is 0 Å². The summed E-state index contributed by atoms with van der Waals surface area (Å²) in [5, 5.41) is 15.0. The van der Waals surface area contributed by atoms with E-state index in [1.165, 1.54) is 6.07 Å². The lowest BCUT2D eigenvalue weighted by Gasteiger charge is -2.05. The highest BCUT2D eigenvalue weighted by molar-refractivity contribution is 7.11. The molecule has 18 heavy (non-hydrogen) atoms. The lowest BCUT2D eigenvalue weighted by molar-refractivity contribution is -0.384. The number of nitrogens with zero attached hydrogens (tertiary/aromatic N) is 2. The highest BCUT2D eigenvalue weighted by atomic mass is 32.1. The summed E-state index contributed by atoms with van der Waals surface area (Å²) in [6, 6.07) is 6.64. The number of nitro groups is 1. The lowest BCUT2D eigenvalue weighted by Crippen LogP contribution is -2.02. The molecule has 0 radical (unpaired) electrons. The van der Waals surface area contributed by atoms with Crippen molar-refractivity contribution in [3.05, 3.63) is 50.0 Å². The van der Waals surface area contributed by atoms with Crippen molar-refractivity contribution in [2.24, 2.45) is 0 Å². The summed E-state index contributed by atoms with van der Waals surface area (Å²) in [5.41, 5.74) is 1.60. The predicted octanol–water partition coefficient (Wildman–Crippen LogP) is 3.28. The summed E-state index contributed by atoms with van der Waals surface area (Å²) in [7, 11) is 0. The molecule has 0 amide bonds. The normalized spacial score (nSPS) is 10.3. The van der Waals surface area contributed by atoms with E-state index in [-0.39, 0.29) is 10.6 Å². The number of anilines is 1.